The normalized spacial score (nSPS) is 25.3. The predicted octanol–water partition coefficient (Wildman–Crippen LogP) is 2.78. The van der Waals surface area contributed by atoms with Gasteiger partial charge < -0.3 is 19.1 Å². The largest absolute Gasteiger partial charge is 0.493 e. The Kier molecular flexibility index (Phi) is 5.34. The van der Waals surface area contributed by atoms with Crippen molar-refractivity contribution in [1.82, 2.24) is 4.90 Å². The number of morpholine rings is 1. The number of nitrogens with zero attached hydrogens (tertiary/aromatic N) is 2. The SMILES string of the molecule is COc1cccc(/C=C2/SC(N3CC(C)OC(C)C3)=NC2=O)c1OC. The predicted molar refractivity (Wildman–Crippen MR) is 99.1 cm³/mol. The van der Waals surface area contributed by atoms with Crippen molar-refractivity contribution < 1.29 is 19.0 Å². The molecule has 0 spiro atoms. The number of rotatable bonds is 3. The molecule has 1 aromatic rings. The zero-order valence-corrected chi connectivity index (χ0v) is 15.6. The van der Waals surface area contributed by atoms with Crippen molar-refractivity contribution in [2.45, 2.75) is 26.1 Å². The third-order valence-corrected chi connectivity index (χ3v) is 5.06. The van der Waals surface area contributed by atoms with Crippen molar-refractivity contribution in [3.8, 4) is 11.5 Å². The number of hydrogen-bond acceptors (Lipinski definition) is 6. The highest BCUT2D eigenvalue weighted by Crippen LogP contribution is 2.36. The lowest BCUT2D eigenvalue weighted by Gasteiger charge is -2.35. The summed E-state index contributed by atoms with van der Waals surface area (Å²) in [5.41, 5.74) is 0.790. The number of aliphatic imine (C=N–C) groups is 1. The molecule has 0 radical (unpaired) electrons. The maximum Gasteiger partial charge on any atom is 0.286 e. The third kappa shape index (κ3) is 3.82. The molecular weight excluding hydrogens is 340 g/mol. The molecule has 0 aliphatic carbocycles. The van der Waals surface area contributed by atoms with Crippen LogP contribution in [0, 0.1) is 0 Å². The van der Waals surface area contributed by atoms with Crippen molar-refractivity contribution in [1.29, 1.82) is 0 Å². The summed E-state index contributed by atoms with van der Waals surface area (Å²) in [4.78, 5) is 19.3. The minimum Gasteiger partial charge on any atom is -0.493 e. The molecule has 25 heavy (non-hydrogen) atoms. The maximum absolute atomic E-state index is 12.3. The maximum atomic E-state index is 12.3. The molecule has 0 N–H and O–H groups in total. The van der Waals surface area contributed by atoms with Gasteiger partial charge >= 0.3 is 0 Å². The van der Waals surface area contributed by atoms with Gasteiger partial charge in [0.05, 0.1) is 31.3 Å². The first-order chi connectivity index (χ1) is 12.0. The van der Waals surface area contributed by atoms with E-state index in [0.717, 1.165) is 23.8 Å². The number of hydrogen-bond donors (Lipinski definition) is 0. The Hall–Kier alpha value is -1.99. The molecule has 1 fully saturated rings. The van der Waals surface area contributed by atoms with Gasteiger partial charge in [-0.2, -0.15) is 4.99 Å². The van der Waals surface area contributed by atoms with Crippen molar-refractivity contribution in [3.63, 3.8) is 0 Å². The third-order valence-electron chi connectivity index (χ3n) is 4.02. The van der Waals surface area contributed by atoms with Gasteiger partial charge in [0.15, 0.2) is 16.7 Å². The van der Waals surface area contributed by atoms with E-state index in [1.807, 2.05) is 32.0 Å². The first-order valence-electron chi connectivity index (χ1n) is 8.15. The molecule has 1 saturated heterocycles. The Labute approximate surface area is 151 Å². The van der Waals surface area contributed by atoms with E-state index in [4.69, 9.17) is 14.2 Å². The number of thioether (sulfide) groups is 1. The van der Waals surface area contributed by atoms with Crippen molar-refractivity contribution in [2.75, 3.05) is 27.3 Å². The number of carbonyl (C=O) groups is 1. The summed E-state index contributed by atoms with van der Waals surface area (Å²) in [6, 6.07) is 5.58. The van der Waals surface area contributed by atoms with Gasteiger partial charge in [0, 0.05) is 18.7 Å². The Morgan fingerprint density at radius 2 is 1.96 bits per heavy atom. The molecule has 1 aromatic carbocycles. The number of para-hydroxylation sites is 1. The number of benzene rings is 1. The Morgan fingerprint density at radius 3 is 2.60 bits per heavy atom. The molecule has 0 bridgehead atoms. The van der Waals surface area contributed by atoms with Crippen LogP contribution in [-0.4, -0.2) is 55.5 Å². The van der Waals surface area contributed by atoms with Crippen LogP contribution < -0.4 is 9.47 Å². The molecule has 1 amide bonds. The lowest BCUT2D eigenvalue weighted by atomic mass is 10.1. The highest BCUT2D eigenvalue weighted by atomic mass is 32.2. The van der Waals surface area contributed by atoms with E-state index in [1.54, 1.807) is 20.3 Å². The first kappa shape index (κ1) is 17.8. The highest BCUT2D eigenvalue weighted by molar-refractivity contribution is 8.18. The fourth-order valence-corrected chi connectivity index (χ4v) is 3.96. The number of amidine groups is 1. The molecule has 2 unspecified atom stereocenters. The van der Waals surface area contributed by atoms with E-state index in [-0.39, 0.29) is 18.1 Å². The molecule has 2 atom stereocenters. The van der Waals surface area contributed by atoms with Gasteiger partial charge in [-0.25, -0.2) is 0 Å². The van der Waals surface area contributed by atoms with Crippen LogP contribution in [0.2, 0.25) is 0 Å². The molecule has 0 saturated carbocycles. The van der Waals surface area contributed by atoms with Crippen LogP contribution in [0.1, 0.15) is 19.4 Å². The van der Waals surface area contributed by atoms with Crippen LogP contribution in [0.25, 0.3) is 6.08 Å². The highest BCUT2D eigenvalue weighted by Gasteiger charge is 2.31. The summed E-state index contributed by atoms with van der Waals surface area (Å²) in [5.74, 6) is 1.01. The molecule has 2 aliphatic rings. The summed E-state index contributed by atoms with van der Waals surface area (Å²) >= 11 is 1.39. The monoisotopic (exact) mass is 362 g/mol. The smallest absolute Gasteiger partial charge is 0.286 e. The second-order valence-electron chi connectivity index (χ2n) is 6.06. The van der Waals surface area contributed by atoms with Crippen molar-refractivity contribution in [2.24, 2.45) is 4.99 Å². The fraction of sp³-hybridized carbons (Fsp3) is 0.444. The second-order valence-corrected chi connectivity index (χ2v) is 7.06. The zero-order valence-electron chi connectivity index (χ0n) is 14.8. The lowest BCUT2D eigenvalue weighted by Crippen LogP contribution is -2.47. The van der Waals surface area contributed by atoms with E-state index in [1.165, 1.54) is 11.8 Å². The van der Waals surface area contributed by atoms with E-state index in [0.29, 0.717) is 16.4 Å². The Morgan fingerprint density at radius 1 is 1.24 bits per heavy atom. The average molecular weight is 362 g/mol. The second kappa shape index (κ2) is 7.49. The van der Waals surface area contributed by atoms with Crippen LogP contribution >= 0.6 is 11.8 Å². The van der Waals surface area contributed by atoms with Crippen molar-refractivity contribution in [3.05, 3.63) is 28.7 Å². The summed E-state index contributed by atoms with van der Waals surface area (Å²) < 4.78 is 16.5. The molecule has 134 valence electrons. The van der Waals surface area contributed by atoms with Gasteiger partial charge in [-0.1, -0.05) is 12.1 Å². The lowest BCUT2D eigenvalue weighted by molar-refractivity contribution is -0.113. The van der Waals surface area contributed by atoms with Crippen LogP contribution in [0.4, 0.5) is 0 Å². The van der Waals surface area contributed by atoms with Crippen molar-refractivity contribution >= 4 is 28.9 Å². The fourth-order valence-electron chi connectivity index (χ4n) is 3.03. The molecule has 6 nitrogen and oxygen atoms in total. The number of carbonyl (C=O) groups excluding carboxylic acids is 1. The number of amides is 1. The molecular formula is C18H22N2O4S. The van der Waals surface area contributed by atoms with Gasteiger partial charge in [0.2, 0.25) is 0 Å². The molecule has 2 aliphatic heterocycles. The standard InChI is InChI=1S/C18H22N2O4S/c1-11-9-20(10-12(2)24-11)18-19-17(21)15(25-18)8-13-6-5-7-14(22-3)16(13)23-4/h5-8,11-12H,9-10H2,1-4H3/b15-8+. The van der Waals surface area contributed by atoms with E-state index >= 15 is 0 Å². The van der Waals surface area contributed by atoms with Gasteiger partial charge in [0.1, 0.15) is 0 Å². The van der Waals surface area contributed by atoms with Crippen LogP contribution in [-0.2, 0) is 9.53 Å². The molecule has 3 rings (SSSR count). The summed E-state index contributed by atoms with van der Waals surface area (Å²) in [6.45, 7) is 5.53. The molecule has 0 aromatic heterocycles. The van der Waals surface area contributed by atoms with Gasteiger partial charge in [-0.15, -0.1) is 0 Å². The van der Waals surface area contributed by atoms with E-state index in [9.17, 15) is 4.79 Å². The van der Waals surface area contributed by atoms with Crippen LogP contribution in [0.15, 0.2) is 28.1 Å². The topological polar surface area (TPSA) is 60.4 Å². The summed E-state index contributed by atoms with van der Waals surface area (Å²) in [5, 5.41) is 0.736. The Balaban J connectivity index is 1.82. The first-order valence-corrected chi connectivity index (χ1v) is 8.97. The van der Waals surface area contributed by atoms with Crippen LogP contribution in [0.5, 0.6) is 11.5 Å². The Bertz CT molecular complexity index is 722. The number of methoxy groups -OCH3 is 2. The quantitative estimate of drug-likeness (QED) is 0.771. The summed E-state index contributed by atoms with van der Waals surface area (Å²) in [7, 11) is 3.17. The summed E-state index contributed by atoms with van der Waals surface area (Å²) in [6.07, 6.45) is 2.04. The number of ether oxygens (including phenoxy) is 3. The van der Waals surface area contributed by atoms with E-state index in [2.05, 4.69) is 9.89 Å². The minimum atomic E-state index is -0.225. The molecule has 7 heteroatoms. The van der Waals surface area contributed by atoms with Gasteiger partial charge in [-0.3, -0.25) is 4.79 Å². The zero-order chi connectivity index (χ0) is 18.0. The van der Waals surface area contributed by atoms with E-state index < -0.39 is 0 Å². The molecule has 2 heterocycles. The van der Waals surface area contributed by atoms with Crippen LogP contribution in [0.3, 0.4) is 0 Å². The minimum absolute atomic E-state index is 0.119. The average Bonchev–Trinajstić information content (AvgIpc) is 2.94. The van der Waals surface area contributed by atoms with Gasteiger partial charge in [0.25, 0.3) is 5.91 Å². The van der Waals surface area contributed by atoms with Gasteiger partial charge in [-0.05, 0) is 37.8 Å².